The van der Waals surface area contributed by atoms with Crippen molar-refractivity contribution in [1.29, 1.82) is 0 Å². The standard InChI is InChI=1S/C11H10Br2N2O2S2/c1-6-3-8(5-14-10(6)12)15-19(16,17)9-4-7(2)11(13)18-9/h3-5,15H,1-2H3. The molecule has 102 valence electrons. The predicted molar refractivity (Wildman–Crippen MR) is 84.2 cm³/mol. The minimum Gasteiger partial charge on any atom is -0.277 e. The molecular weight excluding hydrogens is 416 g/mol. The Morgan fingerprint density at radius 1 is 1.21 bits per heavy atom. The summed E-state index contributed by atoms with van der Waals surface area (Å²) in [5, 5.41) is 0. The molecular formula is C11H10Br2N2O2S2. The molecule has 0 radical (unpaired) electrons. The molecule has 2 aromatic rings. The molecule has 4 nitrogen and oxygen atoms in total. The van der Waals surface area contributed by atoms with Crippen LogP contribution in [0.15, 0.2) is 30.9 Å². The maximum absolute atomic E-state index is 12.2. The molecule has 0 aliphatic heterocycles. The van der Waals surface area contributed by atoms with Crippen molar-refractivity contribution in [3.63, 3.8) is 0 Å². The van der Waals surface area contributed by atoms with Gasteiger partial charge in [0.15, 0.2) is 0 Å². The number of aromatic nitrogens is 1. The van der Waals surface area contributed by atoms with Gasteiger partial charge in [-0.1, -0.05) is 0 Å². The number of halogens is 2. The SMILES string of the molecule is Cc1cc(NS(=O)(=O)c2cc(C)c(Br)s2)cnc1Br. The van der Waals surface area contributed by atoms with Crippen LogP contribution < -0.4 is 4.72 Å². The summed E-state index contributed by atoms with van der Waals surface area (Å²) in [6.07, 6.45) is 1.48. The number of pyridine rings is 1. The van der Waals surface area contributed by atoms with Gasteiger partial charge in [-0.15, -0.1) is 11.3 Å². The Morgan fingerprint density at radius 2 is 1.89 bits per heavy atom. The molecule has 0 unspecified atom stereocenters. The summed E-state index contributed by atoms with van der Waals surface area (Å²) in [7, 11) is -3.56. The van der Waals surface area contributed by atoms with Gasteiger partial charge in [0.25, 0.3) is 10.0 Å². The Kier molecular flexibility index (Phi) is 4.34. The van der Waals surface area contributed by atoms with Crippen LogP contribution in [-0.2, 0) is 10.0 Å². The molecule has 0 fully saturated rings. The van der Waals surface area contributed by atoms with Crippen LogP contribution in [-0.4, -0.2) is 13.4 Å². The number of sulfonamides is 1. The molecule has 2 rings (SSSR count). The van der Waals surface area contributed by atoms with E-state index in [2.05, 4.69) is 41.6 Å². The van der Waals surface area contributed by atoms with Crippen LogP contribution in [0, 0.1) is 13.8 Å². The van der Waals surface area contributed by atoms with Crippen molar-refractivity contribution in [2.24, 2.45) is 0 Å². The van der Waals surface area contributed by atoms with Crippen molar-refractivity contribution in [2.75, 3.05) is 4.72 Å². The zero-order valence-electron chi connectivity index (χ0n) is 10.1. The first-order chi connectivity index (χ1) is 8.79. The summed E-state index contributed by atoms with van der Waals surface area (Å²) < 4.78 is 28.7. The van der Waals surface area contributed by atoms with Gasteiger partial charge in [-0.05, 0) is 69.0 Å². The molecule has 19 heavy (non-hydrogen) atoms. The van der Waals surface area contributed by atoms with Crippen LogP contribution in [0.25, 0.3) is 0 Å². The van der Waals surface area contributed by atoms with Gasteiger partial charge < -0.3 is 0 Å². The van der Waals surface area contributed by atoms with Crippen molar-refractivity contribution in [3.05, 3.63) is 37.8 Å². The van der Waals surface area contributed by atoms with Crippen LogP contribution in [0.3, 0.4) is 0 Å². The molecule has 1 N–H and O–H groups in total. The summed E-state index contributed by atoms with van der Waals surface area (Å²) in [6.45, 7) is 3.70. The normalized spacial score (nSPS) is 11.6. The molecule has 0 aliphatic carbocycles. The smallest absolute Gasteiger partial charge is 0.271 e. The average Bonchev–Trinajstić information content (AvgIpc) is 2.65. The molecule has 0 amide bonds. The van der Waals surface area contributed by atoms with E-state index in [1.54, 1.807) is 12.1 Å². The lowest BCUT2D eigenvalue weighted by Gasteiger charge is -2.07. The molecule has 0 atom stereocenters. The highest BCUT2D eigenvalue weighted by molar-refractivity contribution is 9.11. The molecule has 0 saturated carbocycles. The molecule has 2 heterocycles. The average molecular weight is 426 g/mol. The number of hydrogen-bond donors (Lipinski definition) is 1. The van der Waals surface area contributed by atoms with Crippen molar-refractivity contribution in [2.45, 2.75) is 18.1 Å². The first-order valence-corrected chi connectivity index (χ1v) is 9.09. The van der Waals surface area contributed by atoms with Gasteiger partial charge in [-0.25, -0.2) is 13.4 Å². The van der Waals surface area contributed by atoms with Gasteiger partial charge in [0.2, 0.25) is 0 Å². The molecule has 2 aromatic heterocycles. The van der Waals surface area contributed by atoms with E-state index in [1.165, 1.54) is 17.5 Å². The fraction of sp³-hybridized carbons (Fsp3) is 0.182. The summed E-state index contributed by atoms with van der Waals surface area (Å²) in [6, 6.07) is 3.36. The van der Waals surface area contributed by atoms with Crippen LogP contribution >= 0.6 is 43.2 Å². The molecule has 0 spiro atoms. The first-order valence-electron chi connectivity index (χ1n) is 5.20. The van der Waals surface area contributed by atoms with Gasteiger partial charge in [0.05, 0.1) is 15.7 Å². The number of aryl methyl sites for hydroxylation is 2. The highest BCUT2D eigenvalue weighted by Crippen LogP contribution is 2.31. The summed E-state index contributed by atoms with van der Waals surface area (Å²) >= 11 is 7.78. The van der Waals surface area contributed by atoms with Crippen molar-refractivity contribution in [3.8, 4) is 0 Å². The number of nitrogens with one attached hydrogen (secondary N) is 1. The summed E-state index contributed by atoms with van der Waals surface area (Å²) in [5.74, 6) is 0. The number of anilines is 1. The van der Waals surface area contributed by atoms with E-state index < -0.39 is 10.0 Å². The number of rotatable bonds is 3. The second-order valence-corrected chi connectivity index (χ2v) is 8.99. The minimum atomic E-state index is -3.56. The van der Waals surface area contributed by atoms with E-state index >= 15 is 0 Å². The van der Waals surface area contributed by atoms with E-state index in [-0.39, 0.29) is 4.21 Å². The van der Waals surface area contributed by atoms with E-state index in [0.29, 0.717) is 10.3 Å². The Labute approximate surface area is 132 Å². The lowest BCUT2D eigenvalue weighted by molar-refractivity contribution is 0.603. The van der Waals surface area contributed by atoms with Crippen molar-refractivity contribution < 1.29 is 8.42 Å². The van der Waals surface area contributed by atoms with Gasteiger partial charge >= 0.3 is 0 Å². The number of hydrogen-bond acceptors (Lipinski definition) is 4. The molecule has 0 aromatic carbocycles. The predicted octanol–water partition coefficient (Wildman–Crippen LogP) is 4.09. The molecule has 0 bridgehead atoms. The van der Waals surface area contributed by atoms with Crippen molar-refractivity contribution in [1.82, 2.24) is 4.98 Å². The Balaban J connectivity index is 2.33. The zero-order chi connectivity index (χ0) is 14.2. The maximum Gasteiger partial charge on any atom is 0.271 e. The highest BCUT2D eigenvalue weighted by atomic mass is 79.9. The van der Waals surface area contributed by atoms with Crippen LogP contribution in [0.5, 0.6) is 0 Å². The maximum atomic E-state index is 12.2. The van der Waals surface area contributed by atoms with Gasteiger partial charge in [0, 0.05) is 0 Å². The third-order valence-corrected chi connectivity index (χ3v) is 7.19. The minimum absolute atomic E-state index is 0.275. The Morgan fingerprint density at radius 3 is 2.42 bits per heavy atom. The summed E-state index contributed by atoms with van der Waals surface area (Å²) in [4.78, 5) is 4.06. The van der Waals surface area contributed by atoms with Crippen LogP contribution in [0.4, 0.5) is 5.69 Å². The Hall–Kier alpha value is -0.440. The van der Waals surface area contributed by atoms with Crippen LogP contribution in [0.2, 0.25) is 0 Å². The highest BCUT2D eigenvalue weighted by Gasteiger charge is 2.18. The van der Waals surface area contributed by atoms with E-state index in [4.69, 9.17) is 0 Å². The second kappa shape index (κ2) is 5.51. The van der Waals surface area contributed by atoms with E-state index in [1.807, 2.05) is 13.8 Å². The van der Waals surface area contributed by atoms with Crippen molar-refractivity contribution >= 4 is 58.9 Å². The number of thiophene rings is 1. The van der Waals surface area contributed by atoms with E-state index in [0.717, 1.165) is 14.9 Å². The first kappa shape index (κ1) is 15.0. The fourth-order valence-electron chi connectivity index (χ4n) is 1.38. The number of nitrogens with zero attached hydrogens (tertiary/aromatic N) is 1. The third-order valence-electron chi connectivity index (χ3n) is 2.37. The largest absolute Gasteiger partial charge is 0.277 e. The zero-order valence-corrected chi connectivity index (χ0v) is 14.9. The fourth-order valence-corrected chi connectivity index (χ4v) is 4.86. The third kappa shape index (κ3) is 3.36. The molecule has 8 heteroatoms. The molecule has 0 saturated heterocycles. The van der Waals surface area contributed by atoms with Gasteiger partial charge in [0.1, 0.15) is 8.81 Å². The summed E-state index contributed by atoms with van der Waals surface area (Å²) in [5.41, 5.74) is 2.21. The topological polar surface area (TPSA) is 59.1 Å². The van der Waals surface area contributed by atoms with E-state index in [9.17, 15) is 8.42 Å². The lowest BCUT2D eigenvalue weighted by Crippen LogP contribution is -2.11. The second-order valence-electron chi connectivity index (χ2n) is 3.96. The monoisotopic (exact) mass is 424 g/mol. The van der Waals surface area contributed by atoms with Gasteiger partial charge in [-0.3, -0.25) is 4.72 Å². The van der Waals surface area contributed by atoms with Gasteiger partial charge in [-0.2, -0.15) is 0 Å². The Bertz CT molecular complexity index is 707. The van der Waals surface area contributed by atoms with Crippen LogP contribution in [0.1, 0.15) is 11.1 Å². The quantitative estimate of drug-likeness (QED) is 0.753. The molecule has 0 aliphatic rings. The lowest BCUT2D eigenvalue weighted by atomic mass is 10.3.